The van der Waals surface area contributed by atoms with Crippen molar-refractivity contribution in [3.8, 4) is 0 Å². The number of hydrogen-bond acceptors (Lipinski definition) is 4. The quantitative estimate of drug-likeness (QED) is 0.431. The Morgan fingerprint density at radius 1 is 0.938 bits per heavy atom. The van der Waals surface area contributed by atoms with Crippen molar-refractivity contribution in [2.75, 3.05) is 0 Å². The number of esters is 2. The first kappa shape index (κ1) is 13.7. The Balaban J connectivity index is 2.70. The van der Waals surface area contributed by atoms with Gasteiger partial charge in [0.25, 0.3) is 0 Å². The van der Waals surface area contributed by atoms with Gasteiger partial charge in [-0.3, -0.25) is 9.59 Å². The highest BCUT2D eigenvalue weighted by Crippen LogP contribution is 2.30. The van der Waals surface area contributed by atoms with Crippen LogP contribution in [0.1, 0.15) is 13.8 Å². The van der Waals surface area contributed by atoms with Crippen molar-refractivity contribution in [3.05, 3.63) is 12.2 Å². The van der Waals surface area contributed by atoms with E-state index in [-0.39, 0.29) is 33.8 Å². The monoisotopic (exact) mass is 354 g/mol. The van der Waals surface area contributed by atoms with Gasteiger partial charge in [0.1, 0.15) is 12.2 Å². The molecular weight excluding hydrogens is 344 g/mol. The summed E-state index contributed by atoms with van der Waals surface area (Å²) in [7, 11) is 0. The van der Waals surface area contributed by atoms with E-state index in [1.807, 2.05) is 0 Å². The van der Waals surface area contributed by atoms with Gasteiger partial charge in [0.2, 0.25) is 0 Å². The van der Waals surface area contributed by atoms with Gasteiger partial charge in [0.05, 0.1) is 9.65 Å². The summed E-state index contributed by atoms with van der Waals surface area (Å²) in [6, 6.07) is 0. The van der Waals surface area contributed by atoms with Crippen LogP contribution in [0.15, 0.2) is 12.2 Å². The first-order valence-corrected chi connectivity index (χ1v) is 6.56. The smallest absolute Gasteiger partial charge is 0.303 e. The lowest BCUT2D eigenvalue weighted by atomic mass is 10.0. The number of alkyl halides is 2. The van der Waals surface area contributed by atoms with Crippen LogP contribution in [-0.2, 0) is 19.1 Å². The van der Waals surface area contributed by atoms with Crippen LogP contribution < -0.4 is 0 Å². The van der Waals surface area contributed by atoms with Crippen molar-refractivity contribution in [2.45, 2.75) is 35.7 Å². The minimum Gasteiger partial charge on any atom is -0.457 e. The molecule has 0 fully saturated rings. The van der Waals surface area contributed by atoms with Crippen LogP contribution in [0.3, 0.4) is 0 Å². The van der Waals surface area contributed by atoms with E-state index in [0.717, 1.165) is 0 Å². The highest BCUT2D eigenvalue weighted by Gasteiger charge is 2.36. The normalized spacial score (nSPS) is 33.2. The molecule has 0 spiro atoms. The molecule has 4 nitrogen and oxygen atoms in total. The van der Waals surface area contributed by atoms with E-state index in [9.17, 15) is 9.59 Å². The second-order valence-electron chi connectivity index (χ2n) is 3.42. The molecule has 90 valence electrons. The van der Waals surface area contributed by atoms with Crippen LogP contribution in [0.2, 0.25) is 0 Å². The number of ether oxygens (including phenoxy) is 2. The average molecular weight is 356 g/mol. The molecule has 0 aromatic heterocycles. The molecule has 0 amide bonds. The van der Waals surface area contributed by atoms with Gasteiger partial charge in [0.15, 0.2) is 0 Å². The highest BCUT2D eigenvalue weighted by molar-refractivity contribution is 9.12. The molecule has 0 unspecified atom stereocenters. The van der Waals surface area contributed by atoms with Crippen LogP contribution in [0, 0.1) is 0 Å². The molecule has 0 saturated carbocycles. The third kappa shape index (κ3) is 3.59. The standard InChI is InChI=1S/C10H12Br2O4/c1-5(13)15-7-3-4-8(16-6(2)14)10(12)9(7)11/h3-4,7-10H,1-2H3/t7-,8-,9+,10+/m0/s1. The lowest BCUT2D eigenvalue weighted by Gasteiger charge is -2.31. The molecular formula is C10H12Br2O4. The van der Waals surface area contributed by atoms with Crippen molar-refractivity contribution in [1.82, 2.24) is 0 Å². The van der Waals surface area contributed by atoms with E-state index >= 15 is 0 Å². The predicted molar refractivity (Wildman–Crippen MR) is 65.7 cm³/mol. The molecule has 1 aliphatic rings. The average Bonchev–Trinajstić information content (AvgIpc) is 2.16. The van der Waals surface area contributed by atoms with E-state index in [1.165, 1.54) is 13.8 Å². The van der Waals surface area contributed by atoms with E-state index in [0.29, 0.717) is 0 Å². The molecule has 0 aliphatic heterocycles. The highest BCUT2D eigenvalue weighted by atomic mass is 79.9. The van der Waals surface area contributed by atoms with Crippen molar-refractivity contribution < 1.29 is 19.1 Å². The van der Waals surface area contributed by atoms with E-state index in [4.69, 9.17) is 9.47 Å². The fourth-order valence-electron chi connectivity index (χ4n) is 1.39. The number of hydrogen-bond donors (Lipinski definition) is 0. The van der Waals surface area contributed by atoms with Gasteiger partial charge in [-0.25, -0.2) is 0 Å². The van der Waals surface area contributed by atoms with Crippen LogP contribution in [0.25, 0.3) is 0 Å². The Labute approximate surface area is 111 Å². The van der Waals surface area contributed by atoms with Crippen molar-refractivity contribution in [3.63, 3.8) is 0 Å². The maximum absolute atomic E-state index is 10.8. The Hall–Kier alpha value is -0.360. The lowest BCUT2D eigenvalue weighted by Crippen LogP contribution is -2.42. The summed E-state index contributed by atoms with van der Waals surface area (Å²) < 4.78 is 10.2. The Morgan fingerprint density at radius 2 is 1.25 bits per heavy atom. The molecule has 16 heavy (non-hydrogen) atoms. The van der Waals surface area contributed by atoms with Gasteiger partial charge in [0, 0.05) is 13.8 Å². The van der Waals surface area contributed by atoms with E-state index < -0.39 is 0 Å². The fraction of sp³-hybridized carbons (Fsp3) is 0.600. The zero-order valence-corrected chi connectivity index (χ0v) is 12.0. The molecule has 1 rings (SSSR count). The Bertz CT molecular complexity index is 286. The molecule has 1 aliphatic carbocycles. The number of halogens is 2. The van der Waals surface area contributed by atoms with Crippen molar-refractivity contribution >= 4 is 43.8 Å². The third-order valence-corrected chi connectivity index (χ3v) is 4.92. The maximum atomic E-state index is 10.8. The van der Waals surface area contributed by atoms with Crippen molar-refractivity contribution in [1.29, 1.82) is 0 Å². The van der Waals surface area contributed by atoms with Gasteiger partial charge in [-0.1, -0.05) is 31.9 Å². The van der Waals surface area contributed by atoms with Gasteiger partial charge in [-0.15, -0.1) is 0 Å². The molecule has 0 aromatic carbocycles. The molecule has 6 heteroatoms. The first-order valence-electron chi connectivity index (χ1n) is 4.72. The fourth-order valence-corrected chi connectivity index (χ4v) is 2.56. The Kier molecular flexibility index (Phi) is 4.98. The van der Waals surface area contributed by atoms with Crippen LogP contribution >= 0.6 is 31.9 Å². The van der Waals surface area contributed by atoms with Gasteiger partial charge in [-0.2, -0.15) is 0 Å². The molecule has 0 N–H and O–H groups in total. The SMILES string of the molecule is CC(=O)O[C@H]1C=C[C@H](OC(C)=O)[C@@H](Br)[C@@H]1Br. The molecule has 0 bridgehead atoms. The largest absolute Gasteiger partial charge is 0.457 e. The summed E-state index contributed by atoms with van der Waals surface area (Å²) >= 11 is 6.82. The van der Waals surface area contributed by atoms with Crippen molar-refractivity contribution in [2.24, 2.45) is 0 Å². The van der Waals surface area contributed by atoms with E-state index in [1.54, 1.807) is 12.2 Å². The van der Waals surface area contributed by atoms with E-state index in [2.05, 4.69) is 31.9 Å². The topological polar surface area (TPSA) is 52.6 Å². The van der Waals surface area contributed by atoms with Crippen LogP contribution in [-0.4, -0.2) is 33.8 Å². The summed E-state index contributed by atoms with van der Waals surface area (Å²) in [5.74, 6) is -0.686. The van der Waals surface area contributed by atoms with Crippen LogP contribution in [0.5, 0.6) is 0 Å². The summed E-state index contributed by atoms with van der Waals surface area (Å²) in [4.78, 5) is 21.4. The summed E-state index contributed by atoms with van der Waals surface area (Å²) in [5.41, 5.74) is 0. The zero-order valence-electron chi connectivity index (χ0n) is 8.85. The molecule has 0 aromatic rings. The summed E-state index contributed by atoms with van der Waals surface area (Å²) in [5, 5.41) is 0. The number of carbonyl (C=O) groups is 2. The predicted octanol–water partition coefficient (Wildman–Crippen LogP) is 1.95. The second-order valence-corrected chi connectivity index (χ2v) is 5.54. The minimum atomic E-state index is -0.353. The zero-order chi connectivity index (χ0) is 12.3. The third-order valence-electron chi connectivity index (χ3n) is 2.03. The summed E-state index contributed by atoms with van der Waals surface area (Å²) in [6.07, 6.45) is 2.72. The number of rotatable bonds is 2. The van der Waals surface area contributed by atoms with Gasteiger partial charge >= 0.3 is 11.9 Å². The molecule has 4 atom stereocenters. The van der Waals surface area contributed by atoms with Gasteiger partial charge < -0.3 is 9.47 Å². The van der Waals surface area contributed by atoms with Crippen LogP contribution in [0.4, 0.5) is 0 Å². The number of carbonyl (C=O) groups excluding carboxylic acids is 2. The minimum absolute atomic E-state index is 0.134. The molecule has 0 saturated heterocycles. The maximum Gasteiger partial charge on any atom is 0.303 e. The summed E-state index contributed by atoms with van der Waals surface area (Å²) in [6.45, 7) is 2.71. The molecule has 0 radical (unpaired) electrons. The second kappa shape index (κ2) is 5.82. The first-order chi connectivity index (χ1) is 7.41. The Morgan fingerprint density at radius 3 is 1.50 bits per heavy atom. The molecule has 0 heterocycles. The lowest BCUT2D eigenvalue weighted by molar-refractivity contribution is -0.148. The van der Waals surface area contributed by atoms with Gasteiger partial charge in [-0.05, 0) is 12.2 Å².